The molecule has 2 aromatic heterocycles. The smallest absolute Gasteiger partial charge is 0.313 e. The molecule has 0 unspecified atom stereocenters. The minimum absolute atomic E-state index is 0.426. The molecule has 0 fully saturated rings. The van der Waals surface area contributed by atoms with Crippen molar-refractivity contribution in [1.82, 2.24) is 19.6 Å². The van der Waals surface area contributed by atoms with Crippen molar-refractivity contribution < 1.29 is 9.90 Å². The molecule has 170 valence electrons. The van der Waals surface area contributed by atoms with Crippen LogP contribution in [0.4, 0.5) is 11.5 Å². The van der Waals surface area contributed by atoms with Crippen molar-refractivity contribution in [3.05, 3.63) is 83.6 Å². The van der Waals surface area contributed by atoms with E-state index < -0.39 is 11.4 Å². The van der Waals surface area contributed by atoms with Crippen LogP contribution in [0.15, 0.2) is 73.1 Å². The molecule has 0 spiro atoms. The molecule has 0 saturated heterocycles. The van der Waals surface area contributed by atoms with Crippen molar-refractivity contribution in [2.45, 2.75) is 19.3 Å². The van der Waals surface area contributed by atoms with Crippen molar-refractivity contribution in [3.63, 3.8) is 0 Å². The summed E-state index contributed by atoms with van der Waals surface area (Å²) in [6, 6.07) is 21.4. The fourth-order valence-electron chi connectivity index (χ4n) is 4.16. The van der Waals surface area contributed by atoms with Gasteiger partial charge in [0.15, 0.2) is 0 Å². The van der Waals surface area contributed by atoms with Gasteiger partial charge in [-0.1, -0.05) is 54.1 Å². The van der Waals surface area contributed by atoms with Gasteiger partial charge in [0.2, 0.25) is 0 Å². The fourth-order valence-corrected chi connectivity index (χ4v) is 4.32. The highest BCUT2D eigenvalue weighted by Gasteiger charge is 2.33. The van der Waals surface area contributed by atoms with Crippen molar-refractivity contribution in [1.29, 1.82) is 0 Å². The van der Waals surface area contributed by atoms with Gasteiger partial charge in [0.05, 0.1) is 10.9 Å². The predicted octanol–water partition coefficient (Wildman–Crippen LogP) is 5.73. The predicted molar refractivity (Wildman–Crippen MR) is 134 cm³/mol. The summed E-state index contributed by atoms with van der Waals surface area (Å²) in [5, 5.41) is 19.6. The summed E-state index contributed by atoms with van der Waals surface area (Å²) in [6.45, 7) is 3.41. The first kappa shape index (κ1) is 21.9. The average molecular weight is 472 g/mol. The number of carboxylic acids is 1. The van der Waals surface area contributed by atoms with Gasteiger partial charge in [-0.3, -0.25) is 9.20 Å². The zero-order valence-electron chi connectivity index (χ0n) is 18.9. The molecule has 0 radical (unpaired) electrons. The van der Waals surface area contributed by atoms with E-state index in [-0.39, 0.29) is 0 Å². The Kier molecular flexibility index (Phi) is 5.21. The highest BCUT2D eigenvalue weighted by Crippen LogP contribution is 2.40. The Bertz CT molecular complexity index is 1550. The third-order valence-corrected chi connectivity index (χ3v) is 6.42. The molecule has 0 aliphatic heterocycles. The summed E-state index contributed by atoms with van der Waals surface area (Å²) < 4.78 is 1.78. The van der Waals surface area contributed by atoms with Gasteiger partial charge >= 0.3 is 5.97 Å². The third-order valence-electron chi connectivity index (χ3n) is 6.19. The van der Waals surface area contributed by atoms with Crippen molar-refractivity contribution in [2.24, 2.45) is 0 Å². The van der Waals surface area contributed by atoms with Gasteiger partial charge in [-0.15, -0.1) is 10.2 Å². The molecular weight excluding hydrogens is 450 g/mol. The van der Waals surface area contributed by atoms with Gasteiger partial charge in [0.25, 0.3) is 5.78 Å². The second kappa shape index (κ2) is 8.11. The number of fused-ring (bicyclic) bond motifs is 3. The first-order valence-corrected chi connectivity index (χ1v) is 11.1. The van der Waals surface area contributed by atoms with Crippen LogP contribution in [0.1, 0.15) is 19.4 Å². The lowest BCUT2D eigenvalue weighted by atomic mass is 9.82. The van der Waals surface area contributed by atoms with E-state index in [1.54, 1.807) is 24.6 Å². The number of carboxylic acid groups (broad SMARTS) is 1. The Hall–Kier alpha value is -3.97. The molecule has 0 amide bonds. The molecule has 0 atom stereocenters. The number of benzene rings is 3. The van der Waals surface area contributed by atoms with Crippen molar-refractivity contribution >= 4 is 45.8 Å². The second-order valence-corrected chi connectivity index (χ2v) is 9.12. The van der Waals surface area contributed by atoms with Crippen LogP contribution < -0.4 is 4.90 Å². The molecule has 3 aromatic carbocycles. The Morgan fingerprint density at radius 1 is 1.03 bits per heavy atom. The van der Waals surface area contributed by atoms with Gasteiger partial charge < -0.3 is 10.0 Å². The number of hydrogen-bond acceptors (Lipinski definition) is 5. The molecule has 0 bridgehead atoms. The largest absolute Gasteiger partial charge is 0.481 e. The van der Waals surface area contributed by atoms with E-state index in [2.05, 4.69) is 10.2 Å². The topological polar surface area (TPSA) is 83.6 Å². The maximum Gasteiger partial charge on any atom is 0.313 e. The van der Waals surface area contributed by atoms with Gasteiger partial charge in [-0.25, -0.2) is 0 Å². The lowest BCUT2D eigenvalue weighted by molar-refractivity contribution is -0.142. The fraction of sp³-hybridized carbons (Fsp3) is 0.154. The summed E-state index contributed by atoms with van der Waals surface area (Å²) in [7, 11) is 1.88. The van der Waals surface area contributed by atoms with E-state index in [9.17, 15) is 9.90 Å². The van der Waals surface area contributed by atoms with Gasteiger partial charge in [-0.2, -0.15) is 4.98 Å². The summed E-state index contributed by atoms with van der Waals surface area (Å²) >= 11 is 6.29. The summed E-state index contributed by atoms with van der Waals surface area (Å²) in [6.07, 6.45) is 1.60. The van der Waals surface area contributed by atoms with Crippen LogP contribution in [0.2, 0.25) is 5.02 Å². The number of carbonyl (C=O) groups is 1. The van der Waals surface area contributed by atoms with Crippen LogP contribution in [-0.4, -0.2) is 37.7 Å². The number of hydrogen-bond donors (Lipinski definition) is 1. The number of rotatable bonds is 5. The van der Waals surface area contributed by atoms with Crippen LogP contribution in [0.5, 0.6) is 0 Å². The molecule has 5 aromatic rings. The van der Waals surface area contributed by atoms with Gasteiger partial charge in [0.1, 0.15) is 12.1 Å². The van der Waals surface area contributed by atoms with Crippen LogP contribution in [0.25, 0.3) is 27.8 Å². The SMILES string of the molecule is CN(c1cc(-c2ccccc2)ccc1C(C)(C)C(=O)O)c1nc2nncn2c2cc(Cl)ccc12. The van der Waals surface area contributed by atoms with Crippen molar-refractivity contribution in [2.75, 3.05) is 11.9 Å². The molecule has 0 aliphatic rings. The van der Waals surface area contributed by atoms with Crippen LogP contribution in [0, 0.1) is 0 Å². The lowest BCUT2D eigenvalue weighted by Crippen LogP contribution is -2.31. The molecule has 0 saturated carbocycles. The minimum Gasteiger partial charge on any atom is -0.481 e. The Morgan fingerprint density at radius 3 is 2.53 bits per heavy atom. The van der Waals surface area contributed by atoms with Crippen molar-refractivity contribution in [3.8, 4) is 11.1 Å². The Balaban J connectivity index is 1.78. The number of aromatic nitrogens is 4. The molecule has 0 aliphatic carbocycles. The molecule has 5 rings (SSSR count). The Labute approximate surface area is 201 Å². The van der Waals surface area contributed by atoms with Crippen LogP contribution >= 0.6 is 11.6 Å². The first-order chi connectivity index (χ1) is 16.3. The molecule has 2 heterocycles. The van der Waals surface area contributed by atoms with Gasteiger partial charge in [0, 0.05) is 23.1 Å². The monoisotopic (exact) mass is 471 g/mol. The Morgan fingerprint density at radius 2 is 1.79 bits per heavy atom. The van der Waals surface area contributed by atoms with E-state index in [1.165, 1.54) is 0 Å². The number of aliphatic carboxylic acids is 1. The maximum absolute atomic E-state index is 12.2. The quantitative estimate of drug-likeness (QED) is 0.352. The van der Waals surface area contributed by atoms with Crippen LogP contribution in [0.3, 0.4) is 0 Å². The molecule has 8 heteroatoms. The first-order valence-electron chi connectivity index (χ1n) is 10.7. The lowest BCUT2D eigenvalue weighted by Gasteiger charge is -2.29. The van der Waals surface area contributed by atoms with E-state index in [0.29, 0.717) is 22.2 Å². The zero-order valence-corrected chi connectivity index (χ0v) is 19.7. The van der Waals surface area contributed by atoms with Gasteiger partial charge in [-0.05, 0) is 54.8 Å². The summed E-state index contributed by atoms with van der Waals surface area (Å²) in [5.74, 6) is 0.141. The van der Waals surface area contributed by atoms with E-state index in [0.717, 1.165) is 27.7 Å². The zero-order chi connectivity index (χ0) is 24.0. The third kappa shape index (κ3) is 3.54. The molecule has 34 heavy (non-hydrogen) atoms. The average Bonchev–Trinajstić information content (AvgIpc) is 3.32. The highest BCUT2D eigenvalue weighted by molar-refractivity contribution is 6.31. The van der Waals surface area contributed by atoms with E-state index >= 15 is 0 Å². The number of halogens is 1. The highest BCUT2D eigenvalue weighted by atomic mass is 35.5. The number of nitrogens with zero attached hydrogens (tertiary/aromatic N) is 5. The van der Waals surface area contributed by atoms with E-state index in [4.69, 9.17) is 16.6 Å². The standard InChI is InChI=1S/C26H22ClN5O2/c1-26(2,24(33)34)20-12-9-17(16-7-5-4-6-8-16)13-22(20)31(3)23-19-11-10-18(27)14-21(19)32-15-28-30-25(32)29-23/h4-15H,1-3H3,(H,33,34). The summed E-state index contributed by atoms with van der Waals surface area (Å²) in [4.78, 5) is 18.9. The normalized spacial score (nSPS) is 11.8. The maximum atomic E-state index is 12.2. The number of anilines is 2. The molecule has 1 N–H and O–H groups in total. The van der Waals surface area contributed by atoms with E-state index in [1.807, 2.05) is 78.7 Å². The summed E-state index contributed by atoms with van der Waals surface area (Å²) in [5.41, 5.74) is 3.10. The van der Waals surface area contributed by atoms with Crippen LogP contribution in [-0.2, 0) is 10.2 Å². The molecule has 7 nitrogen and oxygen atoms in total. The second-order valence-electron chi connectivity index (χ2n) is 8.68. The molecular formula is C26H22ClN5O2. The minimum atomic E-state index is -1.13.